The van der Waals surface area contributed by atoms with Gasteiger partial charge >= 0.3 is 11.8 Å². The Labute approximate surface area is 164 Å². The lowest BCUT2D eigenvalue weighted by atomic mass is 9.90. The summed E-state index contributed by atoms with van der Waals surface area (Å²) in [6.45, 7) is 4.38. The molecule has 0 saturated carbocycles. The molecule has 8 nitrogen and oxygen atoms in total. The van der Waals surface area contributed by atoms with E-state index >= 15 is 0 Å². The first-order chi connectivity index (χ1) is 13.4. The molecule has 1 aliphatic rings. The summed E-state index contributed by atoms with van der Waals surface area (Å²) in [5, 5.41) is 2.63. The molecule has 0 aromatic carbocycles. The zero-order chi connectivity index (χ0) is 20.3. The van der Waals surface area contributed by atoms with Gasteiger partial charge in [0.25, 0.3) is 0 Å². The molecule has 0 radical (unpaired) electrons. The molecule has 2 aromatic heterocycles. The summed E-state index contributed by atoms with van der Waals surface area (Å²) in [6, 6.07) is 5.16. The Morgan fingerprint density at radius 1 is 1.29 bits per heavy atom. The van der Waals surface area contributed by atoms with Crippen LogP contribution < -0.4 is 15.8 Å². The van der Waals surface area contributed by atoms with Crippen molar-refractivity contribution in [3.8, 4) is 5.88 Å². The molecule has 1 fully saturated rings. The third-order valence-corrected chi connectivity index (χ3v) is 5.00. The Morgan fingerprint density at radius 2 is 2.07 bits per heavy atom. The lowest BCUT2D eigenvalue weighted by Crippen LogP contribution is -2.46. The highest BCUT2D eigenvalue weighted by molar-refractivity contribution is 6.39. The number of carbonyl (C=O) groups is 2. The molecular weight excluding hydrogens is 358 g/mol. The fourth-order valence-corrected chi connectivity index (χ4v) is 3.44. The Morgan fingerprint density at radius 3 is 2.79 bits per heavy atom. The van der Waals surface area contributed by atoms with Crippen LogP contribution in [0.1, 0.15) is 36.9 Å². The van der Waals surface area contributed by atoms with Crippen LogP contribution in [0.15, 0.2) is 30.6 Å². The van der Waals surface area contributed by atoms with Crippen molar-refractivity contribution in [2.24, 2.45) is 5.92 Å². The average molecular weight is 383 g/mol. The van der Waals surface area contributed by atoms with Gasteiger partial charge in [-0.1, -0.05) is 6.92 Å². The Balaban J connectivity index is 1.81. The monoisotopic (exact) mass is 383 g/mol. The second kappa shape index (κ2) is 8.24. The van der Waals surface area contributed by atoms with Crippen molar-refractivity contribution in [3.63, 3.8) is 0 Å². The van der Waals surface area contributed by atoms with E-state index in [0.29, 0.717) is 29.8 Å². The van der Waals surface area contributed by atoms with Gasteiger partial charge in [0.1, 0.15) is 5.82 Å². The topological polar surface area (TPSA) is 110 Å². The molecule has 28 heavy (non-hydrogen) atoms. The summed E-state index contributed by atoms with van der Waals surface area (Å²) in [4.78, 5) is 35.3. The summed E-state index contributed by atoms with van der Waals surface area (Å²) in [5.74, 6) is -0.0673. The van der Waals surface area contributed by atoms with E-state index in [1.54, 1.807) is 31.2 Å². The number of amides is 2. The van der Waals surface area contributed by atoms with Crippen molar-refractivity contribution in [2.45, 2.75) is 32.7 Å². The first kappa shape index (κ1) is 19.6. The number of rotatable bonds is 3. The first-order valence-electron chi connectivity index (χ1n) is 9.23. The molecule has 3 rings (SSSR count). The SMILES string of the molecule is COc1cc(C2CC[C@H](C)CN2C(=O)C(=O)Nc2cnc(N)c(C)c2)ccn1. The maximum Gasteiger partial charge on any atom is 0.313 e. The van der Waals surface area contributed by atoms with Crippen molar-refractivity contribution in [3.05, 3.63) is 41.7 Å². The molecule has 3 N–H and O–H groups in total. The molecule has 148 valence electrons. The Kier molecular flexibility index (Phi) is 5.77. The smallest absolute Gasteiger partial charge is 0.313 e. The number of carbonyl (C=O) groups excluding carboxylic acids is 2. The van der Waals surface area contributed by atoms with E-state index in [1.807, 2.05) is 12.1 Å². The minimum Gasteiger partial charge on any atom is -0.481 e. The maximum atomic E-state index is 13.0. The predicted octanol–water partition coefficient (Wildman–Crippen LogP) is 2.31. The van der Waals surface area contributed by atoms with Gasteiger partial charge in [0.2, 0.25) is 5.88 Å². The molecule has 3 heterocycles. The first-order valence-corrected chi connectivity index (χ1v) is 9.23. The van der Waals surface area contributed by atoms with Crippen LogP contribution in [-0.4, -0.2) is 40.3 Å². The molecule has 1 unspecified atom stereocenters. The molecule has 0 aliphatic carbocycles. The van der Waals surface area contributed by atoms with Gasteiger partial charge in [-0.3, -0.25) is 9.59 Å². The summed E-state index contributed by atoms with van der Waals surface area (Å²) in [6.07, 6.45) is 4.84. The molecule has 2 atom stereocenters. The van der Waals surface area contributed by atoms with Crippen LogP contribution >= 0.6 is 0 Å². The van der Waals surface area contributed by atoms with E-state index in [-0.39, 0.29) is 6.04 Å². The minimum absolute atomic E-state index is 0.197. The van der Waals surface area contributed by atoms with E-state index in [9.17, 15) is 9.59 Å². The van der Waals surface area contributed by atoms with Crippen molar-refractivity contribution in [1.29, 1.82) is 0 Å². The van der Waals surface area contributed by atoms with E-state index in [1.165, 1.54) is 6.20 Å². The number of anilines is 2. The minimum atomic E-state index is -0.689. The van der Waals surface area contributed by atoms with E-state index < -0.39 is 11.8 Å². The maximum absolute atomic E-state index is 13.0. The van der Waals surface area contributed by atoms with Crippen LogP contribution in [-0.2, 0) is 9.59 Å². The van der Waals surface area contributed by atoms with Gasteiger partial charge in [-0.15, -0.1) is 0 Å². The lowest BCUT2D eigenvalue weighted by Gasteiger charge is -2.38. The Hall–Kier alpha value is -3.16. The fourth-order valence-electron chi connectivity index (χ4n) is 3.44. The van der Waals surface area contributed by atoms with Gasteiger partial charge in [-0.25, -0.2) is 9.97 Å². The van der Waals surface area contributed by atoms with Crippen molar-refractivity contribution in [1.82, 2.24) is 14.9 Å². The second-order valence-electron chi connectivity index (χ2n) is 7.17. The molecule has 0 bridgehead atoms. The zero-order valence-electron chi connectivity index (χ0n) is 16.3. The summed E-state index contributed by atoms with van der Waals surface area (Å²) >= 11 is 0. The second-order valence-corrected chi connectivity index (χ2v) is 7.17. The van der Waals surface area contributed by atoms with Gasteiger partial charge < -0.3 is 20.7 Å². The molecule has 1 aliphatic heterocycles. The number of likely N-dealkylation sites (tertiary alicyclic amines) is 1. The number of hydrogen-bond donors (Lipinski definition) is 2. The fraction of sp³-hybridized carbons (Fsp3) is 0.400. The number of nitrogens with one attached hydrogen (secondary N) is 1. The van der Waals surface area contributed by atoms with Gasteiger partial charge in [0.05, 0.1) is 25.0 Å². The normalized spacial score (nSPS) is 19.2. The van der Waals surface area contributed by atoms with Crippen molar-refractivity contribution in [2.75, 3.05) is 24.7 Å². The van der Waals surface area contributed by atoms with E-state index in [2.05, 4.69) is 22.2 Å². The highest BCUT2D eigenvalue weighted by Crippen LogP contribution is 2.34. The number of nitrogens with two attached hydrogens (primary N) is 1. The van der Waals surface area contributed by atoms with Gasteiger partial charge in [-0.2, -0.15) is 0 Å². The van der Waals surface area contributed by atoms with Gasteiger partial charge in [0.15, 0.2) is 0 Å². The third-order valence-electron chi connectivity index (χ3n) is 5.00. The number of methoxy groups -OCH3 is 1. The molecule has 2 aromatic rings. The number of aromatic nitrogens is 2. The standard InChI is InChI=1S/C20H25N5O3/c1-12-4-5-16(14-6-7-22-17(9-14)28-3)25(11-12)20(27)19(26)24-15-8-13(2)18(21)23-10-15/h6-10,12,16H,4-5,11H2,1-3H3,(H2,21,23)(H,24,26)/t12-,16?/m0/s1. The number of piperidine rings is 1. The summed E-state index contributed by atoms with van der Waals surface area (Å²) < 4.78 is 5.20. The number of ether oxygens (including phenoxy) is 1. The van der Waals surface area contributed by atoms with E-state index in [0.717, 1.165) is 24.0 Å². The van der Waals surface area contributed by atoms with Crippen molar-refractivity contribution >= 4 is 23.3 Å². The highest BCUT2D eigenvalue weighted by atomic mass is 16.5. The van der Waals surface area contributed by atoms with Crippen LogP contribution in [0.2, 0.25) is 0 Å². The van der Waals surface area contributed by atoms with Gasteiger partial charge in [-0.05, 0) is 48.9 Å². The number of nitrogens with zero attached hydrogens (tertiary/aromatic N) is 3. The van der Waals surface area contributed by atoms with Crippen LogP contribution in [0.5, 0.6) is 5.88 Å². The summed E-state index contributed by atoms with van der Waals surface area (Å²) in [5.41, 5.74) is 7.79. The quantitative estimate of drug-likeness (QED) is 0.787. The molecule has 8 heteroatoms. The largest absolute Gasteiger partial charge is 0.481 e. The van der Waals surface area contributed by atoms with Crippen LogP contribution in [0.25, 0.3) is 0 Å². The van der Waals surface area contributed by atoms with Crippen molar-refractivity contribution < 1.29 is 14.3 Å². The average Bonchev–Trinajstić information content (AvgIpc) is 2.70. The number of hydrogen-bond acceptors (Lipinski definition) is 6. The molecular formula is C20H25N5O3. The molecule has 2 amide bonds. The van der Waals surface area contributed by atoms with Crippen LogP contribution in [0.3, 0.4) is 0 Å². The number of pyridine rings is 2. The molecule has 0 spiro atoms. The van der Waals surface area contributed by atoms with E-state index in [4.69, 9.17) is 10.5 Å². The third kappa shape index (κ3) is 4.21. The Bertz CT molecular complexity index is 886. The lowest BCUT2D eigenvalue weighted by molar-refractivity contribution is -0.146. The van der Waals surface area contributed by atoms with Crippen LogP contribution in [0.4, 0.5) is 11.5 Å². The number of aryl methyl sites for hydroxylation is 1. The molecule has 1 saturated heterocycles. The predicted molar refractivity (Wildman–Crippen MR) is 106 cm³/mol. The summed E-state index contributed by atoms with van der Waals surface area (Å²) in [7, 11) is 1.55. The highest BCUT2D eigenvalue weighted by Gasteiger charge is 2.34. The number of nitrogen functional groups attached to an aromatic ring is 1. The zero-order valence-corrected chi connectivity index (χ0v) is 16.3. The van der Waals surface area contributed by atoms with Gasteiger partial charge in [0, 0.05) is 18.8 Å². The van der Waals surface area contributed by atoms with Crippen LogP contribution in [0, 0.1) is 12.8 Å².